The molecule has 0 radical (unpaired) electrons. The molecule has 1 atom stereocenters. The van der Waals surface area contributed by atoms with E-state index >= 15 is 0 Å². The average molecular weight is 489 g/mol. The van der Waals surface area contributed by atoms with Crippen LogP contribution in [-0.2, 0) is 20.8 Å². The van der Waals surface area contributed by atoms with Crippen LogP contribution >= 0.6 is 11.6 Å². The number of carboxylic acids is 1. The third-order valence-corrected chi connectivity index (χ3v) is 6.34. The molecule has 0 unspecified atom stereocenters. The summed E-state index contributed by atoms with van der Waals surface area (Å²) in [6, 6.07) is 14.0. The molecule has 2 aromatic carbocycles. The monoisotopic (exact) mass is 488 g/mol. The molecule has 2 heterocycles. The lowest BCUT2D eigenvalue weighted by Crippen LogP contribution is -2.57. The van der Waals surface area contributed by atoms with Crippen molar-refractivity contribution in [2.45, 2.75) is 18.6 Å². The van der Waals surface area contributed by atoms with Crippen LogP contribution in [-0.4, -0.2) is 85.0 Å². The zero-order valence-electron chi connectivity index (χ0n) is 19.0. The number of amides is 1. The van der Waals surface area contributed by atoms with Gasteiger partial charge in [0.2, 0.25) is 5.91 Å². The topological polar surface area (TPSA) is 88.5 Å². The molecule has 0 aliphatic carbocycles. The van der Waals surface area contributed by atoms with Crippen LogP contribution in [0.3, 0.4) is 0 Å². The van der Waals surface area contributed by atoms with Gasteiger partial charge in [-0.2, -0.15) is 0 Å². The Labute approximate surface area is 204 Å². The number of hydrogen-bond acceptors (Lipinski definition) is 6. The second-order valence-electron chi connectivity index (χ2n) is 8.66. The van der Waals surface area contributed by atoms with E-state index in [1.54, 1.807) is 36.4 Å². The summed E-state index contributed by atoms with van der Waals surface area (Å²) in [5.41, 5.74) is 0.445. The van der Waals surface area contributed by atoms with Crippen molar-refractivity contribution in [3.05, 3.63) is 64.7 Å². The van der Waals surface area contributed by atoms with Crippen LogP contribution in [0.4, 0.5) is 0 Å². The highest BCUT2D eigenvalue weighted by Gasteiger charge is 2.41. The fourth-order valence-electron chi connectivity index (χ4n) is 4.26. The van der Waals surface area contributed by atoms with E-state index in [9.17, 15) is 9.59 Å². The van der Waals surface area contributed by atoms with Gasteiger partial charge in [-0.05, 0) is 42.0 Å². The Morgan fingerprint density at radius 1 is 1.00 bits per heavy atom. The van der Waals surface area contributed by atoms with E-state index in [0.717, 1.165) is 5.56 Å². The van der Waals surface area contributed by atoms with Crippen molar-refractivity contribution in [3.8, 4) is 5.75 Å². The van der Waals surface area contributed by atoms with Crippen LogP contribution < -0.4 is 4.74 Å². The fraction of sp³-hybridized carbons (Fsp3) is 0.440. The molecule has 1 N–H and O–H groups in total. The molecular weight excluding hydrogens is 460 g/mol. The Kier molecular flexibility index (Phi) is 8.05. The van der Waals surface area contributed by atoms with E-state index in [-0.39, 0.29) is 24.5 Å². The molecule has 0 spiro atoms. The van der Waals surface area contributed by atoms with Crippen LogP contribution in [0.25, 0.3) is 0 Å². The highest BCUT2D eigenvalue weighted by atomic mass is 35.5. The third-order valence-electron chi connectivity index (χ3n) is 6.09. The quantitative estimate of drug-likeness (QED) is 0.611. The van der Waals surface area contributed by atoms with Crippen LogP contribution in [0.5, 0.6) is 5.75 Å². The van der Waals surface area contributed by atoms with Crippen molar-refractivity contribution in [1.29, 1.82) is 0 Å². The van der Waals surface area contributed by atoms with Gasteiger partial charge >= 0.3 is 5.97 Å². The van der Waals surface area contributed by atoms with Crippen molar-refractivity contribution in [2.75, 3.05) is 52.6 Å². The molecular formula is C25H29ClN2O6. The van der Waals surface area contributed by atoms with Gasteiger partial charge in [0.05, 0.1) is 31.8 Å². The number of morpholine rings is 2. The van der Waals surface area contributed by atoms with E-state index in [4.69, 9.17) is 30.9 Å². The van der Waals surface area contributed by atoms with Gasteiger partial charge in [0.1, 0.15) is 18.0 Å². The first-order valence-electron chi connectivity index (χ1n) is 11.3. The number of carboxylic acid groups (broad SMARTS) is 1. The lowest BCUT2D eigenvalue weighted by molar-refractivity contribution is -0.159. The Hall–Kier alpha value is -2.65. The first-order chi connectivity index (χ1) is 16.4. The second kappa shape index (κ2) is 11.2. The molecule has 9 heteroatoms. The van der Waals surface area contributed by atoms with Crippen LogP contribution in [0.1, 0.15) is 22.3 Å². The smallest absolute Gasteiger partial charge is 0.335 e. The van der Waals surface area contributed by atoms with E-state index in [1.807, 2.05) is 17.0 Å². The number of nitrogens with zero attached hydrogens (tertiary/aromatic N) is 2. The van der Waals surface area contributed by atoms with Crippen LogP contribution in [0.15, 0.2) is 48.5 Å². The number of benzene rings is 2. The molecule has 2 aliphatic heterocycles. The van der Waals surface area contributed by atoms with Gasteiger partial charge in [0, 0.05) is 37.7 Å². The van der Waals surface area contributed by atoms with E-state index in [1.165, 1.54) is 0 Å². The summed E-state index contributed by atoms with van der Waals surface area (Å²) in [6.07, 6.45) is 0.203. The molecule has 0 bridgehead atoms. The van der Waals surface area contributed by atoms with Crippen molar-refractivity contribution in [3.63, 3.8) is 0 Å². The molecule has 2 fully saturated rings. The maximum atomic E-state index is 13.1. The molecule has 2 aromatic rings. The maximum Gasteiger partial charge on any atom is 0.335 e. The zero-order chi connectivity index (χ0) is 24.0. The van der Waals surface area contributed by atoms with Gasteiger partial charge in [-0.1, -0.05) is 23.7 Å². The number of rotatable bonds is 8. The third kappa shape index (κ3) is 6.48. The van der Waals surface area contributed by atoms with Gasteiger partial charge in [0.15, 0.2) is 0 Å². The van der Waals surface area contributed by atoms with Gasteiger partial charge < -0.3 is 24.2 Å². The van der Waals surface area contributed by atoms with Crippen molar-refractivity contribution in [2.24, 2.45) is 0 Å². The van der Waals surface area contributed by atoms with E-state index < -0.39 is 11.6 Å². The number of ether oxygens (including phenoxy) is 3. The summed E-state index contributed by atoms with van der Waals surface area (Å²) in [7, 11) is 0. The van der Waals surface area contributed by atoms with Crippen molar-refractivity contribution in [1.82, 2.24) is 9.80 Å². The summed E-state index contributed by atoms with van der Waals surface area (Å²) in [5.74, 6) is -0.263. The normalized spacial score (nSPS) is 21.3. The summed E-state index contributed by atoms with van der Waals surface area (Å²) < 4.78 is 17.7. The number of carbonyl (C=O) groups excluding carboxylic acids is 1. The fourth-order valence-corrected chi connectivity index (χ4v) is 4.39. The Morgan fingerprint density at radius 3 is 2.38 bits per heavy atom. The Balaban J connectivity index is 1.47. The number of carbonyl (C=O) groups is 2. The SMILES string of the molecule is O=C(O)c1ccc(CN2CCO[C@](COc3ccc(Cl)cc3)(CC(=O)N3CCOCC3)C2)cc1. The summed E-state index contributed by atoms with van der Waals surface area (Å²) in [4.78, 5) is 28.3. The molecule has 4 rings (SSSR count). The minimum absolute atomic E-state index is 0.0238. The minimum atomic E-state index is -0.946. The largest absolute Gasteiger partial charge is 0.491 e. The summed E-state index contributed by atoms with van der Waals surface area (Å²) >= 11 is 5.99. The molecule has 1 amide bonds. The second-order valence-corrected chi connectivity index (χ2v) is 9.09. The van der Waals surface area contributed by atoms with E-state index in [2.05, 4.69) is 4.90 Å². The summed E-state index contributed by atoms with van der Waals surface area (Å²) in [5, 5.41) is 9.76. The van der Waals surface area contributed by atoms with Crippen molar-refractivity contribution >= 4 is 23.5 Å². The highest BCUT2D eigenvalue weighted by Crippen LogP contribution is 2.27. The van der Waals surface area contributed by atoms with E-state index in [0.29, 0.717) is 63.3 Å². The number of halogens is 1. The predicted molar refractivity (Wildman–Crippen MR) is 126 cm³/mol. The molecule has 2 aliphatic rings. The minimum Gasteiger partial charge on any atom is -0.491 e. The first kappa shape index (κ1) is 24.5. The Morgan fingerprint density at radius 2 is 1.71 bits per heavy atom. The van der Waals surface area contributed by atoms with Crippen LogP contribution in [0, 0.1) is 0 Å². The van der Waals surface area contributed by atoms with Gasteiger partial charge in [0.25, 0.3) is 0 Å². The lowest BCUT2D eigenvalue weighted by atomic mass is 9.96. The Bertz CT molecular complexity index is 978. The predicted octanol–water partition coefficient (Wildman–Crippen LogP) is 2.94. The maximum absolute atomic E-state index is 13.1. The summed E-state index contributed by atoms with van der Waals surface area (Å²) in [6.45, 7) is 4.76. The zero-order valence-corrected chi connectivity index (χ0v) is 19.7. The van der Waals surface area contributed by atoms with Gasteiger partial charge in [-0.15, -0.1) is 0 Å². The molecule has 2 saturated heterocycles. The van der Waals surface area contributed by atoms with Gasteiger partial charge in [-0.3, -0.25) is 9.69 Å². The molecule has 0 aromatic heterocycles. The molecule has 8 nitrogen and oxygen atoms in total. The molecule has 0 saturated carbocycles. The molecule has 34 heavy (non-hydrogen) atoms. The number of hydrogen-bond donors (Lipinski definition) is 1. The lowest BCUT2D eigenvalue weighted by Gasteiger charge is -2.43. The average Bonchev–Trinajstić information content (AvgIpc) is 2.85. The van der Waals surface area contributed by atoms with Crippen molar-refractivity contribution < 1.29 is 28.9 Å². The number of aromatic carboxylic acids is 1. The molecule has 182 valence electrons. The highest BCUT2D eigenvalue weighted by molar-refractivity contribution is 6.30. The van der Waals surface area contributed by atoms with Gasteiger partial charge in [-0.25, -0.2) is 4.79 Å². The standard InChI is InChI=1S/C25H29ClN2O6/c26-21-5-7-22(8-6-21)33-18-25(15-23(29)28-10-12-32-13-11-28)17-27(9-14-34-25)16-19-1-3-20(4-2-19)24(30)31/h1-8H,9-18H2,(H,30,31)/t25-/m1/s1. The first-order valence-corrected chi connectivity index (χ1v) is 11.7. The van der Waals surface area contributed by atoms with Crippen LogP contribution in [0.2, 0.25) is 5.02 Å².